The summed E-state index contributed by atoms with van der Waals surface area (Å²) in [6.07, 6.45) is 2.21. The molecule has 1 heterocycles. The van der Waals surface area contributed by atoms with E-state index in [2.05, 4.69) is 39.7 Å². The standard InChI is InChI=1S/C16H33N5O2.HI/c1-13(2)12-21-8-5-14(6-9-21)20-16(17-3)19-11-15(22)18-7-10-23-4;/h13-14H,5-12H2,1-4H3,(H,18,22)(H2,17,19,20);1H. The zero-order valence-electron chi connectivity index (χ0n) is 15.4. The van der Waals surface area contributed by atoms with Crippen LogP contribution >= 0.6 is 24.0 Å². The van der Waals surface area contributed by atoms with Gasteiger partial charge in [0.15, 0.2) is 5.96 Å². The van der Waals surface area contributed by atoms with Crippen molar-refractivity contribution >= 4 is 35.8 Å². The molecular weight excluding hydrogens is 421 g/mol. The summed E-state index contributed by atoms with van der Waals surface area (Å²) in [6.45, 7) is 9.18. The largest absolute Gasteiger partial charge is 0.383 e. The van der Waals surface area contributed by atoms with Crippen molar-refractivity contribution in [2.45, 2.75) is 32.7 Å². The lowest BCUT2D eigenvalue weighted by molar-refractivity contribution is -0.120. The average molecular weight is 455 g/mol. The number of likely N-dealkylation sites (tertiary alicyclic amines) is 1. The summed E-state index contributed by atoms with van der Waals surface area (Å²) in [7, 11) is 3.34. The predicted octanol–water partition coefficient (Wildman–Crippen LogP) is 0.652. The van der Waals surface area contributed by atoms with Crippen LogP contribution in [-0.4, -0.2) is 76.3 Å². The molecule has 1 aliphatic heterocycles. The predicted molar refractivity (Wildman–Crippen MR) is 109 cm³/mol. The average Bonchev–Trinajstić information content (AvgIpc) is 2.52. The molecule has 142 valence electrons. The Bertz CT molecular complexity index is 371. The number of amides is 1. The van der Waals surface area contributed by atoms with Crippen LogP contribution in [0.25, 0.3) is 0 Å². The minimum absolute atomic E-state index is 0. The lowest BCUT2D eigenvalue weighted by Crippen LogP contribution is -2.50. The molecule has 8 heteroatoms. The maximum absolute atomic E-state index is 11.7. The summed E-state index contributed by atoms with van der Waals surface area (Å²) in [6, 6.07) is 0.418. The second kappa shape index (κ2) is 13.7. The summed E-state index contributed by atoms with van der Waals surface area (Å²) in [5.41, 5.74) is 0. The van der Waals surface area contributed by atoms with Crippen LogP contribution in [0.2, 0.25) is 0 Å². The smallest absolute Gasteiger partial charge is 0.239 e. The van der Waals surface area contributed by atoms with E-state index in [-0.39, 0.29) is 36.4 Å². The number of rotatable bonds is 8. The first-order valence-electron chi connectivity index (χ1n) is 8.50. The second-order valence-electron chi connectivity index (χ2n) is 6.38. The first kappa shape index (κ1) is 23.4. The molecule has 0 saturated carbocycles. The Balaban J connectivity index is 0.00000529. The lowest BCUT2D eigenvalue weighted by Gasteiger charge is -2.33. The Labute approximate surface area is 163 Å². The van der Waals surface area contributed by atoms with Gasteiger partial charge in [0.25, 0.3) is 0 Å². The van der Waals surface area contributed by atoms with E-state index in [1.165, 1.54) is 6.54 Å². The Morgan fingerprint density at radius 3 is 2.50 bits per heavy atom. The molecule has 0 radical (unpaired) electrons. The van der Waals surface area contributed by atoms with Crippen LogP contribution < -0.4 is 16.0 Å². The minimum atomic E-state index is -0.0586. The Kier molecular flexibility index (Phi) is 13.3. The summed E-state index contributed by atoms with van der Waals surface area (Å²) < 4.78 is 4.90. The third-order valence-electron chi connectivity index (χ3n) is 3.82. The molecule has 0 aromatic carbocycles. The van der Waals surface area contributed by atoms with E-state index in [9.17, 15) is 4.79 Å². The molecule has 3 N–H and O–H groups in total. The number of guanidine groups is 1. The number of hydrogen-bond donors (Lipinski definition) is 3. The van der Waals surface area contributed by atoms with Gasteiger partial charge < -0.3 is 25.6 Å². The van der Waals surface area contributed by atoms with Crippen LogP contribution in [0.3, 0.4) is 0 Å². The molecule has 0 aromatic heterocycles. The van der Waals surface area contributed by atoms with Crippen molar-refractivity contribution < 1.29 is 9.53 Å². The number of aliphatic imine (C=N–C) groups is 1. The van der Waals surface area contributed by atoms with E-state index >= 15 is 0 Å². The molecule has 1 aliphatic rings. The normalized spacial score (nSPS) is 16.6. The molecule has 0 aliphatic carbocycles. The van der Waals surface area contributed by atoms with Crippen LogP contribution in [-0.2, 0) is 9.53 Å². The fourth-order valence-corrected chi connectivity index (χ4v) is 2.68. The highest BCUT2D eigenvalue weighted by Gasteiger charge is 2.20. The zero-order chi connectivity index (χ0) is 17.1. The van der Waals surface area contributed by atoms with Crippen molar-refractivity contribution in [2.24, 2.45) is 10.9 Å². The molecule has 1 rings (SSSR count). The highest BCUT2D eigenvalue weighted by molar-refractivity contribution is 14.0. The number of piperidine rings is 1. The van der Waals surface area contributed by atoms with Gasteiger partial charge in [0.1, 0.15) is 0 Å². The van der Waals surface area contributed by atoms with Crippen LogP contribution in [0.4, 0.5) is 0 Å². The van der Waals surface area contributed by atoms with Gasteiger partial charge in [-0.2, -0.15) is 0 Å². The summed E-state index contributed by atoms with van der Waals surface area (Å²) in [5, 5.41) is 9.24. The topological polar surface area (TPSA) is 78.0 Å². The van der Waals surface area contributed by atoms with Crippen molar-refractivity contribution in [3.8, 4) is 0 Å². The Morgan fingerprint density at radius 1 is 1.29 bits per heavy atom. The molecular formula is C16H34IN5O2. The molecule has 0 unspecified atom stereocenters. The molecule has 1 saturated heterocycles. The van der Waals surface area contributed by atoms with Gasteiger partial charge in [0.05, 0.1) is 13.2 Å². The number of ether oxygens (including phenoxy) is 1. The molecule has 7 nitrogen and oxygen atoms in total. The first-order chi connectivity index (χ1) is 11.0. The summed E-state index contributed by atoms with van der Waals surface area (Å²) in [4.78, 5) is 18.4. The fraction of sp³-hybridized carbons (Fsp3) is 0.875. The van der Waals surface area contributed by atoms with Crippen LogP contribution in [0.1, 0.15) is 26.7 Å². The number of halogens is 1. The first-order valence-corrected chi connectivity index (χ1v) is 8.50. The summed E-state index contributed by atoms with van der Waals surface area (Å²) >= 11 is 0. The molecule has 0 aromatic rings. The maximum atomic E-state index is 11.7. The Morgan fingerprint density at radius 2 is 1.96 bits per heavy atom. The highest BCUT2D eigenvalue weighted by atomic mass is 127. The van der Waals surface area contributed by atoms with Crippen molar-refractivity contribution in [3.05, 3.63) is 0 Å². The van der Waals surface area contributed by atoms with Gasteiger partial charge in [-0.05, 0) is 18.8 Å². The monoisotopic (exact) mass is 455 g/mol. The van der Waals surface area contributed by atoms with E-state index in [1.807, 2.05) is 0 Å². The number of methoxy groups -OCH3 is 1. The lowest BCUT2D eigenvalue weighted by atomic mass is 10.0. The van der Waals surface area contributed by atoms with Crippen molar-refractivity contribution in [3.63, 3.8) is 0 Å². The van der Waals surface area contributed by atoms with E-state index in [1.54, 1.807) is 14.2 Å². The van der Waals surface area contributed by atoms with E-state index in [0.29, 0.717) is 31.1 Å². The van der Waals surface area contributed by atoms with Crippen LogP contribution in [0.5, 0.6) is 0 Å². The van der Waals surface area contributed by atoms with E-state index < -0.39 is 0 Å². The number of hydrogen-bond acceptors (Lipinski definition) is 4. The molecule has 1 fully saturated rings. The van der Waals surface area contributed by atoms with Crippen molar-refractivity contribution in [1.29, 1.82) is 0 Å². The third kappa shape index (κ3) is 10.3. The molecule has 0 spiro atoms. The van der Waals surface area contributed by atoms with Crippen LogP contribution in [0, 0.1) is 5.92 Å². The zero-order valence-corrected chi connectivity index (χ0v) is 17.8. The summed E-state index contributed by atoms with van der Waals surface area (Å²) in [5.74, 6) is 1.34. The highest BCUT2D eigenvalue weighted by Crippen LogP contribution is 2.11. The van der Waals surface area contributed by atoms with Crippen LogP contribution in [0.15, 0.2) is 4.99 Å². The molecule has 1 amide bonds. The third-order valence-corrected chi connectivity index (χ3v) is 3.82. The van der Waals surface area contributed by atoms with Crippen molar-refractivity contribution in [2.75, 3.05) is 53.5 Å². The van der Waals surface area contributed by atoms with Gasteiger partial charge in [-0.1, -0.05) is 13.8 Å². The number of nitrogens with one attached hydrogen (secondary N) is 3. The minimum Gasteiger partial charge on any atom is -0.383 e. The number of carbonyl (C=O) groups is 1. The van der Waals surface area contributed by atoms with Gasteiger partial charge >= 0.3 is 0 Å². The molecule has 0 bridgehead atoms. The SMILES string of the molecule is CN=C(NCC(=O)NCCOC)NC1CCN(CC(C)C)CC1.I. The van der Waals surface area contributed by atoms with E-state index in [4.69, 9.17) is 4.74 Å². The molecule has 24 heavy (non-hydrogen) atoms. The Hall–Kier alpha value is -0.610. The fourth-order valence-electron chi connectivity index (χ4n) is 2.68. The number of carbonyl (C=O) groups excluding carboxylic acids is 1. The maximum Gasteiger partial charge on any atom is 0.239 e. The molecule has 0 atom stereocenters. The van der Waals surface area contributed by atoms with Gasteiger partial charge in [-0.25, -0.2) is 0 Å². The number of nitrogens with zero attached hydrogens (tertiary/aromatic N) is 2. The van der Waals surface area contributed by atoms with Gasteiger partial charge in [-0.3, -0.25) is 9.79 Å². The van der Waals surface area contributed by atoms with Gasteiger partial charge in [0, 0.05) is 46.4 Å². The second-order valence-corrected chi connectivity index (χ2v) is 6.38. The quantitative estimate of drug-likeness (QED) is 0.217. The van der Waals surface area contributed by atoms with Crippen molar-refractivity contribution in [1.82, 2.24) is 20.9 Å². The van der Waals surface area contributed by atoms with E-state index in [0.717, 1.165) is 25.9 Å². The van der Waals surface area contributed by atoms with Gasteiger partial charge in [-0.15, -0.1) is 24.0 Å². The van der Waals surface area contributed by atoms with Gasteiger partial charge in [0.2, 0.25) is 5.91 Å².